The van der Waals surface area contributed by atoms with Crippen LogP contribution in [0.5, 0.6) is 0 Å². The van der Waals surface area contributed by atoms with Gasteiger partial charge in [-0.1, -0.05) is 49.6 Å². The van der Waals surface area contributed by atoms with E-state index in [2.05, 4.69) is 45.3 Å². The van der Waals surface area contributed by atoms with Crippen molar-refractivity contribution in [2.24, 2.45) is 11.8 Å². The fourth-order valence-corrected chi connectivity index (χ4v) is 8.83. The minimum Gasteiger partial charge on any atom is -0.390 e. The number of piperidine rings is 1. The Bertz CT molecular complexity index is 1010. The van der Waals surface area contributed by atoms with Gasteiger partial charge in [0.1, 0.15) is 12.1 Å². The Kier molecular flexibility index (Phi) is 11.9. The summed E-state index contributed by atoms with van der Waals surface area (Å²) in [5.74, 6) is 1.30. The van der Waals surface area contributed by atoms with Crippen molar-refractivity contribution in [3.05, 3.63) is 35.9 Å². The van der Waals surface area contributed by atoms with Crippen LogP contribution in [0.3, 0.4) is 0 Å². The molecule has 2 heterocycles. The van der Waals surface area contributed by atoms with E-state index in [-0.39, 0.29) is 24.1 Å². The first-order valence-electron chi connectivity index (χ1n) is 15.2. The minimum atomic E-state index is -1.14. The average molecular weight is 605 g/mol. The van der Waals surface area contributed by atoms with Crippen molar-refractivity contribution < 1.29 is 19.5 Å². The number of carbonyl (C=O) groups is 3. The van der Waals surface area contributed by atoms with Crippen LogP contribution in [0.25, 0.3) is 0 Å². The Morgan fingerprint density at radius 3 is 2.37 bits per heavy atom. The first-order chi connectivity index (χ1) is 19.6. The molecule has 1 aromatic rings. The highest BCUT2D eigenvalue weighted by atomic mass is 32.2. The molecule has 2 saturated heterocycles. The molecular weight excluding hydrogens is 556 g/mol. The second kappa shape index (κ2) is 15.1. The van der Waals surface area contributed by atoms with Gasteiger partial charge in [0.25, 0.3) is 5.91 Å². The Balaban J connectivity index is 1.29. The van der Waals surface area contributed by atoms with Crippen LogP contribution in [-0.4, -0.2) is 80.3 Å². The first-order valence-corrected chi connectivity index (χ1v) is 17.3. The largest absolute Gasteiger partial charge is 0.390 e. The molecule has 3 N–H and O–H groups in total. The Morgan fingerprint density at radius 2 is 1.71 bits per heavy atom. The van der Waals surface area contributed by atoms with E-state index in [0.29, 0.717) is 28.7 Å². The molecule has 8 nitrogen and oxygen atoms in total. The van der Waals surface area contributed by atoms with E-state index in [1.165, 1.54) is 54.3 Å². The van der Waals surface area contributed by atoms with Crippen molar-refractivity contribution in [2.45, 2.75) is 102 Å². The van der Waals surface area contributed by atoms with Gasteiger partial charge in [-0.05, 0) is 88.9 Å². The van der Waals surface area contributed by atoms with Gasteiger partial charge in [0.05, 0.1) is 17.9 Å². The summed E-state index contributed by atoms with van der Waals surface area (Å²) >= 11 is 3.09. The molecule has 4 rings (SSSR count). The van der Waals surface area contributed by atoms with Crippen LogP contribution in [0, 0.1) is 11.8 Å². The minimum absolute atomic E-state index is 0.0439. The number of nitrogens with one attached hydrogen (secondary N) is 2. The van der Waals surface area contributed by atoms with Gasteiger partial charge in [-0.25, -0.2) is 0 Å². The number of hydrogen-bond donors (Lipinski definition) is 3. The summed E-state index contributed by atoms with van der Waals surface area (Å²) in [4.78, 5) is 42.9. The summed E-state index contributed by atoms with van der Waals surface area (Å²) in [6, 6.07) is 9.32. The number of carbonyl (C=O) groups excluding carboxylic acids is 3. The number of hydrogen-bond acceptors (Lipinski definition) is 7. The molecule has 41 heavy (non-hydrogen) atoms. The maximum Gasteiger partial charge on any atom is 0.252 e. The summed E-state index contributed by atoms with van der Waals surface area (Å²) in [6.45, 7) is 8.01. The predicted molar refractivity (Wildman–Crippen MR) is 167 cm³/mol. The zero-order valence-electron chi connectivity index (χ0n) is 24.8. The number of rotatable bonds is 11. The molecule has 1 saturated carbocycles. The van der Waals surface area contributed by atoms with Gasteiger partial charge >= 0.3 is 0 Å². The predicted octanol–water partition coefficient (Wildman–Crippen LogP) is 4.18. The van der Waals surface area contributed by atoms with Gasteiger partial charge in [-0.2, -0.15) is 0 Å². The molecule has 3 aliphatic rings. The lowest BCUT2D eigenvalue weighted by Crippen LogP contribution is -2.53. The normalized spacial score (nSPS) is 22.7. The lowest BCUT2D eigenvalue weighted by atomic mass is 9.79. The number of nitrogens with zero attached hydrogens (tertiary/aromatic N) is 2. The Hall–Kier alpha value is -1.75. The van der Waals surface area contributed by atoms with Gasteiger partial charge in [-0.3, -0.25) is 24.0 Å². The van der Waals surface area contributed by atoms with Crippen LogP contribution in [0.15, 0.2) is 30.3 Å². The van der Waals surface area contributed by atoms with Gasteiger partial charge < -0.3 is 15.3 Å². The fourth-order valence-electron chi connectivity index (χ4n) is 6.29. The van der Waals surface area contributed by atoms with E-state index < -0.39 is 17.7 Å². The lowest BCUT2D eigenvalue weighted by Gasteiger charge is -2.40. The molecule has 3 amide bonds. The average Bonchev–Trinajstić information content (AvgIpc) is 3.45. The summed E-state index contributed by atoms with van der Waals surface area (Å²) < 4.78 is 3.12. The van der Waals surface area contributed by atoms with Crippen molar-refractivity contribution in [1.29, 1.82) is 0 Å². The van der Waals surface area contributed by atoms with Crippen LogP contribution >= 0.6 is 23.7 Å². The van der Waals surface area contributed by atoms with E-state index in [1.807, 2.05) is 0 Å². The number of benzene rings is 1. The summed E-state index contributed by atoms with van der Waals surface area (Å²) in [5, 5.41) is 13.3. The van der Waals surface area contributed by atoms with E-state index in [4.69, 9.17) is 0 Å². The molecule has 3 fully saturated rings. The third-order valence-electron chi connectivity index (χ3n) is 8.60. The summed E-state index contributed by atoms with van der Waals surface area (Å²) in [5.41, 5.74) is 0.219. The van der Waals surface area contributed by atoms with Gasteiger partial charge in [-0.15, -0.1) is 11.8 Å². The third-order valence-corrected chi connectivity index (χ3v) is 11.0. The van der Waals surface area contributed by atoms with E-state index in [0.717, 1.165) is 32.5 Å². The topological polar surface area (TPSA) is 102 Å². The highest BCUT2D eigenvalue weighted by molar-refractivity contribution is 7.99. The van der Waals surface area contributed by atoms with Crippen molar-refractivity contribution in [1.82, 2.24) is 19.8 Å². The van der Waals surface area contributed by atoms with Crippen LogP contribution in [0.1, 0.15) is 77.7 Å². The van der Waals surface area contributed by atoms with Crippen molar-refractivity contribution in [2.75, 3.05) is 24.7 Å². The highest BCUT2D eigenvalue weighted by Crippen LogP contribution is 2.39. The molecule has 228 valence electrons. The third kappa shape index (κ3) is 9.63. The molecule has 1 aliphatic carbocycles. The standard InChI is InChI=1S/C31H48N4O4S2/c1-22(32-30(38)26-20-40-21-35(26)27(36)18-31(2,3)39)29(37)33-41-28(24-12-8-5-9-13-24)25-14-16-34(17-15-25)19-23-10-6-4-7-11-23/h4,6-7,10-11,22,24-26,28,39H,5,8-9,12-21H2,1-3H3,(H,32,38)(H,33,37)/t22-,26+,28?/m1/s1. The zero-order valence-corrected chi connectivity index (χ0v) is 26.5. The SMILES string of the molecule is C[C@@H](NC(=O)[C@@H]1CSCN1C(=O)CC(C)(C)O)C(=O)NSC(C1CCCCC1)C1CCN(Cc2ccccc2)CC1. The van der Waals surface area contributed by atoms with Crippen molar-refractivity contribution >= 4 is 41.4 Å². The monoisotopic (exact) mass is 604 g/mol. The Labute approximate surface area is 254 Å². The molecule has 3 atom stereocenters. The fraction of sp³-hybridized carbons (Fsp3) is 0.710. The molecule has 0 radical (unpaired) electrons. The molecule has 0 aromatic heterocycles. The second-order valence-electron chi connectivity index (χ2n) is 12.6. The van der Waals surface area contributed by atoms with Crippen LogP contribution < -0.4 is 10.0 Å². The number of aliphatic hydroxyl groups is 1. The number of thioether (sulfide) groups is 1. The van der Waals surface area contributed by atoms with Crippen LogP contribution in [0.4, 0.5) is 0 Å². The van der Waals surface area contributed by atoms with Gasteiger partial charge in [0, 0.05) is 17.5 Å². The smallest absolute Gasteiger partial charge is 0.252 e. The first kappa shape index (κ1) is 32.2. The lowest BCUT2D eigenvalue weighted by molar-refractivity contribution is -0.141. The van der Waals surface area contributed by atoms with Crippen molar-refractivity contribution in [3.8, 4) is 0 Å². The van der Waals surface area contributed by atoms with Gasteiger partial charge in [0.2, 0.25) is 11.8 Å². The molecule has 0 bridgehead atoms. The van der Waals surface area contributed by atoms with E-state index in [9.17, 15) is 19.5 Å². The number of amides is 3. The molecule has 2 aliphatic heterocycles. The van der Waals surface area contributed by atoms with Gasteiger partial charge in [0.15, 0.2) is 0 Å². The van der Waals surface area contributed by atoms with Crippen LogP contribution in [0.2, 0.25) is 0 Å². The Morgan fingerprint density at radius 1 is 1.05 bits per heavy atom. The maximum absolute atomic E-state index is 13.1. The maximum atomic E-state index is 13.1. The number of likely N-dealkylation sites (tertiary alicyclic amines) is 1. The molecule has 1 unspecified atom stereocenters. The molecule has 0 spiro atoms. The summed E-state index contributed by atoms with van der Waals surface area (Å²) in [6.07, 6.45) is 8.49. The second-order valence-corrected chi connectivity index (χ2v) is 14.6. The van der Waals surface area contributed by atoms with Crippen LogP contribution in [-0.2, 0) is 20.9 Å². The molecular formula is C31H48N4O4S2. The zero-order chi connectivity index (χ0) is 29.4. The van der Waals surface area contributed by atoms with E-state index in [1.54, 1.807) is 32.7 Å². The molecule has 10 heteroatoms. The van der Waals surface area contributed by atoms with E-state index >= 15 is 0 Å². The molecule has 1 aromatic carbocycles. The summed E-state index contributed by atoms with van der Waals surface area (Å²) in [7, 11) is 0. The quantitative estimate of drug-likeness (QED) is 0.326. The van der Waals surface area contributed by atoms with Crippen molar-refractivity contribution in [3.63, 3.8) is 0 Å². The highest BCUT2D eigenvalue weighted by Gasteiger charge is 2.38.